The van der Waals surface area contributed by atoms with Crippen molar-refractivity contribution in [2.45, 2.75) is 13.3 Å². The maximum atomic E-state index is 12.4. The van der Waals surface area contributed by atoms with E-state index in [9.17, 15) is 4.79 Å². The zero-order chi connectivity index (χ0) is 13.9. The largest absolute Gasteiger partial charge is 0.453 e. The summed E-state index contributed by atoms with van der Waals surface area (Å²) in [6, 6.07) is 7.83. The first-order valence-corrected chi connectivity index (χ1v) is 7.19. The predicted octanol–water partition coefficient (Wildman–Crippen LogP) is 2.22. The number of hydrogen-bond donors (Lipinski definition) is 1. The Labute approximate surface area is 118 Å². The average molecular weight is 272 g/mol. The monoisotopic (exact) mass is 272 g/mol. The van der Waals surface area contributed by atoms with E-state index in [2.05, 4.69) is 10.2 Å². The van der Waals surface area contributed by atoms with E-state index in [4.69, 9.17) is 4.42 Å². The quantitative estimate of drug-likeness (QED) is 0.870. The fourth-order valence-corrected chi connectivity index (χ4v) is 2.69. The third-order valence-corrected chi connectivity index (χ3v) is 3.82. The first-order chi connectivity index (χ1) is 9.74. The molecule has 0 saturated carbocycles. The summed E-state index contributed by atoms with van der Waals surface area (Å²) in [6.07, 6.45) is 1.09. The van der Waals surface area contributed by atoms with Crippen molar-refractivity contribution in [3.8, 4) is 0 Å². The smallest absolute Gasteiger partial charge is 0.211 e. The highest BCUT2D eigenvalue weighted by atomic mass is 16.3. The van der Waals surface area contributed by atoms with Gasteiger partial charge in [-0.2, -0.15) is 0 Å². The van der Waals surface area contributed by atoms with Gasteiger partial charge in [0.05, 0.1) is 6.54 Å². The lowest BCUT2D eigenvalue weighted by Crippen LogP contribution is -2.32. The fourth-order valence-electron chi connectivity index (χ4n) is 2.69. The molecule has 0 atom stereocenters. The first-order valence-electron chi connectivity index (χ1n) is 7.19. The molecule has 1 aliphatic heterocycles. The number of nitrogens with zero attached hydrogens (tertiary/aromatic N) is 1. The Balaban J connectivity index is 1.76. The molecule has 0 spiro atoms. The van der Waals surface area contributed by atoms with Crippen LogP contribution < -0.4 is 5.32 Å². The number of rotatable bonds is 3. The number of carbonyl (C=O) groups excluding carboxylic acids is 1. The number of para-hydroxylation sites is 1. The molecule has 0 unspecified atom stereocenters. The Morgan fingerprint density at radius 2 is 2.25 bits per heavy atom. The van der Waals surface area contributed by atoms with Crippen molar-refractivity contribution in [3.05, 3.63) is 35.6 Å². The zero-order valence-electron chi connectivity index (χ0n) is 11.8. The Bertz CT molecular complexity index is 610. The Morgan fingerprint density at radius 1 is 1.35 bits per heavy atom. The first kappa shape index (κ1) is 13.3. The van der Waals surface area contributed by atoms with Gasteiger partial charge in [0.1, 0.15) is 5.58 Å². The van der Waals surface area contributed by atoms with E-state index in [1.54, 1.807) is 0 Å². The van der Waals surface area contributed by atoms with Crippen molar-refractivity contribution in [2.24, 2.45) is 0 Å². The highest BCUT2D eigenvalue weighted by Crippen LogP contribution is 2.23. The lowest BCUT2D eigenvalue weighted by molar-refractivity contribution is 0.0909. The third kappa shape index (κ3) is 2.76. The maximum absolute atomic E-state index is 12.4. The number of benzene rings is 1. The van der Waals surface area contributed by atoms with Crippen LogP contribution in [0, 0.1) is 6.92 Å². The lowest BCUT2D eigenvalue weighted by Gasteiger charge is -2.17. The van der Waals surface area contributed by atoms with E-state index in [-0.39, 0.29) is 5.78 Å². The van der Waals surface area contributed by atoms with Gasteiger partial charge in [-0.25, -0.2) is 0 Å². The number of nitrogens with one attached hydrogen (secondary N) is 1. The minimum absolute atomic E-state index is 0.0718. The third-order valence-electron chi connectivity index (χ3n) is 3.82. The highest BCUT2D eigenvalue weighted by molar-refractivity contribution is 5.99. The van der Waals surface area contributed by atoms with Crippen LogP contribution in [-0.4, -0.2) is 43.4 Å². The number of ketones is 1. The van der Waals surface area contributed by atoms with E-state index in [0.717, 1.165) is 49.1 Å². The molecule has 1 aromatic carbocycles. The summed E-state index contributed by atoms with van der Waals surface area (Å²) < 4.78 is 5.74. The van der Waals surface area contributed by atoms with Crippen LogP contribution >= 0.6 is 0 Å². The van der Waals surface area contributed by atoms with Gasteiger partial charge in [0.25, 0.3) is 0 Å². The fraction of sp³-hybridized carbons (Fsp3) is 0.438. The molecule has 0 amide bonds. The van der Waals surface area contributed by atoms with E-state index in [1.165, 1.54) is 0 Å². The van der Waals surface area contributed by atoms with Gasteiger partial charge >= 0.3 is 0 Å². The van der Waals surface area contributed by atoms with Crippen LogP contribution in [0.5, 0.6) is 0 Å². The second kappa shape index (κ2) is 5.77. The number of aryl methyl sites for hydroxylation is 1. The van der Waals surface area contributed by atoms with Crippen molar-refractivity contribution in [2.75, 3.05) is 32.7 Å². The molecule has 1 N–H and O–H groups in total. The van der Waals surface area contributed by atoms with Crippen LogP contribution in [0.4, 0.5) is 0 Å². The molecule has 0 aliphatic carbocycles. The number of carbonyl (C=O) groups is 1. The predicted molar refractivity (Wildman–Crippen MR) is 79.2 cm³/mol. The van der Waals surface area contributed by atoms with Crippen LogP contribution in [-0.2, 0) is 0 Å². The summed E-state index contributed by atoms with van der Waals surface area (Å²) in [4.78, 5) is 14.5. The topological polar surface area (TPSA) is 45.5 Å². The van der Waals surface area contributed by atoms with Crippen LogP contribution in [0.15, 0.2) is 28.7 Å². The van der Waals surface area contributed by atoms with E-state index in [1.807, 2.05) is 31.2 Å². The van der Waals surface area contributed by atoms with Crippen molar-refractivity contribution in [3.63, 3.8) is 0 Å². The summed E-state index contributed by atoms with van der Waals surface area (Å²) in [5.74, 6) is 0.550. The zero-order valence-corrected chi connectivity index (χ0v) is 11.8. The maximum Gasteiger partial charge on any atom is 0.211 e. The molecule has 0 bridgehead atoms. The molecule has 3 rings (SSSR count). The minimum atomic E-state index is 0.0718. The average Bonchev–Trinajstić information content (AvgIpc) is 2.72. The van der Waals surface area contributed by atoms with Crippen molar-refractivity contribution < 1.29 is 9.21 Å². The van der Waals surface area contributed by atoms with Crippen molar-refractivity contribution in [1.82, 2.24) is 10.2 Å². The summed E-state index contributed by atoms with van der Waals surface area (Å²) in [5, 5.41) is 4.35. The summed E-state index contributed by atoms with van der Waals surface area (Å²) in [7, 11) is 0. The van der Waals surface area contributed by atoms with Crippen LogP contribution in [0.3, 0.4) is 0 Å². The van der Waals surface area contributed by atoms with Crippen LogP contribution in [0.1, 0.15) is 22.5 Å². The van der Waals surface area contributed by atoms with Gasteiger partial charge in [-0.05, 0) is 38.1 Å². The minimum Gasteiger partial charge on any atom is -0.453 e. The summed E-state index contributed by atoms with van der Waals surface area (Å²) in [6.45, 7) is 6.32. The van der Waals surface area contributed by atoms with Gasteiger partial charge in [0, 0.05) is 18.5 Å². The van der Waals surface area contributed by atoms with Crippen LogP contribution in [0.25, 0.3) is 11.0 Å². The molecule has 106 valence electrons. The van der Waals surface area contributed by atoms with Gasteiger partial charge in [-0.1, -0.05) is 18.2 Å². The second-order valence-corrected chi connectivity index (χ2v) is 5.41. The number of fused-ring (bicyclic) bond motifs is 1. The van der Waals surface area contributed by atoms with Crippen molar-refractivity contribution >= 4 is 16.8 Å². The second-order valence-electron chi connectivity index (χ2n) is 5.41. The van der Waals surface area contributed by atoms with Gasteiger partial charge in [0.2, 0.25) is 5.78 Å². The molecule has 20 heavy (non-hydrogen) atoms. The molecule has 2 heterocycles. The lowest BCUT2D eigenvalue weighted by atomic mass is 10.1. The summed E-state index contributed by atoms with van der Waals surface area (Å²) >= 11 is 0. The van der Waals surface area contributed by atoms with Gasteiger partial charge in [0.15, 0.2) is 5.76 Å². The molecule has 1 aliphatic rings. The van der Waals surface area contributed by atoms with E-state index >= 15 is 0 Å². The molecule has 1 saturated heterocycles. The van der Waals surface area contributed by atoms with E-state index in [0.29, 0.717) is 12.3 Å². The molecule has 1 aromatic heterocycles. The molecular weight excluding hydrogens is 252 g/mol. The van der Waals surface area contributed by atoms with Gasteiger partial charge < -0.3 is 9.73 Å². The standard InChI is InChI=1S/C16H20N2O2/c1-12-4-2-5-13-10-15(20-16(12)13)14(19)11-18-8-3-6-17-7-9-18/h2,4-5,10,17H,3,6-9,11H2,1H3. The molecular formula is C16H20N2O2. The molecule has 4 heteroatoms. The van der Waals surface area contributed by atoms with Crippen molar-refractivity contribution in [1.29, 1.82) is 0 Å². The highest BCUT2D eigenvalue weighted by Gasteiger charge is 2.17. The number of Topliss-reactive ketones (excluding diaryl/α,β-unsaturated/α-hetero) is 1. The molecule has 1 fully saturated rings. The SMILES string of the molecule is Cc1cccc2cc(C(=O)CN3CCCNCC3)oc12. The number of furan rings is 1. The normalized spacial score (nSPS) is 17.2. The molecule has 4 nitrogen and oxygen atoms in total. The molecule has 0 radical (unpaired) electrons. The summed E-state index contributed by atoms with van der Waals surface area (Å²) in [5.41, 5.74) is 1.90. The molecule has 2 aromatic rings. The Morgan fingerprint density at radius 3 is 3.10 bits per heavy atom. The Hall–Kier alpha value is -1.65. The van der Waals surface area contributed by atoms with E-state index < -0.39 is 0 Å². The van der Waals surface area contributed by atoms with Gasteiger partial charge in [-0.3, -0.25) is 9.69 Å². The van der Waals surface area contributed by atoms with Gasteiger partial charge in [-0.15, -0.1) is 0 Å². The van der Waals surface area contributed by atoms with Crippen LogP contribution in [0.2, 0.25) is 0 Å². The Kier molecular flexibility index (Phi) is 3.85. The number of hydrogen-bond acceptors (Lipinski definition) is 4.